The molecule has 0 unspecified atom stereocenters. The molecule has 1 aliphatic rings. The molecule has 0 radical (unpaired) electrons. The standard InChI is InChI=1S/C19H24N2O3S2/c1-15(20-26(23,24)18-8-5-13-25-18)19(22)21-11-9-17(10-12-21)14-16-6-3-2-4-7-16/h2-8,13,15,17,20H,9-12,14H2,1H3/t15-/m1/s1. The number of nitrogens with one attached hydrogen (secondary N) is 1. The molecule has 3 rings (SSSR count). The van der Waals surface area contributed by atoms with E-state index in [1.165, 1.54) is 5.56 Å². The maximum atomic E-state index is 12.6. The summed E-state index contributed by atoms with van der Waals surface area (Å²) in [4.78, 5) is 14.4. The Kier molecular flexibility index (Phi) is 6.11. The molecule has 1 atom stereocenters. The van der Waals surface area contributed by atoms with Crippen molar-refractivity contribution in [3.05, 3.63) is 53.4 Å². The number of thiophene rings is 1. The van der Waals surface area contributed by atoms with E-state index < -0.39 is 16.1 Å². The number of carbonyl (C=O) groups is 1. The summed E-state index contributed by atoms with van der Waals surface area (Å²) in [6.07, 6.45) is 2.93. The summed E-state index contributed by atoms with van der Waals surface area (Å²) in [6.45, 7) is 2.98. The van der Waals surface area contributed by atoms with Crippen molar-refractivity contribution in [2.24, 2.45) is 5.92 Å². The highest BCUT2D eigenvalue weighted by Gasteiger charge is 2.29. The van der Waals surface area contributed by atoms with Crippen LogP contribution in [0.3, 0.4) is 0 Å². The molecule has 1 aromatic heterocycles. The highest BCUT2D eigenvalue weighted by molar-refractivity contribution is 7.91. The van der Waals surface area contributed by atoms with E-state index in [1.54, 1.807) is 29.3 Å². The molecule has 0 bridgehead atoms. The molecule has 1 fully saturated rings. The van der Waals surface area contributed by atoms with Gasteiger partial charge in [-0.3, -0.25) is 4.79 Å². The topological polar surface area (TPSA) is 66.5 Å². The molecule has 1 aromatic carbocycles. The number of piperidine rings is 1. The second-order valence-corrected chi connectivity index (χ2v) is 9.62. The number of hydrogen-bond acceptors (Lipinski definition) is 4. The van der Waals surface area contributed by atoms with Crippen molar-refractivity contribution < 1.29 is 13.2 Å². The van der Waals surface area contributed by atoms with Gasteiger partial charge in [0.25, 0.3) is 10.0 Å². The third-order valence-electron chi connectivity index (χ3n) is 4.76. The maximum Gasteiger partial charge on any atom is 0.250 e. The minimum atomic E-state index is -3.63. The zero-order valence-corrected chi connectivity index (χ0v) is 16.4. The van der Waals surface area contributed by atoms with Crippen LogP contribution in [0.5, 0.6) is 0 Å². The van der Waals surface area contributed by atoms with Crippen molar-refractivity contribution in [2.45, 2.75) is 36.4 Å². The number of sulfonamides is 1. The van der Waals surface area contributed by atoms with E-state index in [-0.39, 0.29) is 10.1 Å². The van der Waals surface area contributed by atoms with Gasteiger partial charge in [0, 0.05) is 13.1 Å². The number of amides is 1. The van der Waals surface area contributed by atoms with Crippen LogP contribution in [0.1, 0.15) is 25.3 Å². The molecule has 1 amide bonds. The van der Waals surface area contributed by atoms with Crippen LogP contribution in [-0.2, 0) is 21.2 Å². The van der Waals surface area contributed by atoms with Gasteiger partial charge in [0.2, 0.25) is 5.91 Å². The fourth-order valence-electron chi connectivity index (χ4n) is 3.34. The zero-order valence-electron chi connectivity index (χ0n) is 14.8. The number of benzene rings is 1. The molecule has 0 spiro atoms. The van der Waals surface area contributed by atoms with E-state index in [2.05, 4.69) is 29.0 Å². The normalized spacial score (nSPS) is 17.2. The molecule has 26 heavy (non-hydrogen) atoms. The summed E-state index contributed by atoms with van der Waals surface area (Å²) in [5.41, 5.74) is 1.33. The van der Waals surface area contributed by atoms with Gasteiger partial charge in [-0.1, -0.05) is 36.4 Å². The van der Waals surface area contributed by atoms with Crippen molar-refractivity contribution in [1.29, 1.82) is 0 Å². The Labute approximate surface area is 159 Å². The van der Waals surface area contributed by atoms with Gasteiger partial charge >= 0.3 is 0 Å². The SMILES string of the molecule is C[C@@H](NS(=O)(=O)c1cccs1)C(=O)N1CCC(Cc2ccccc2)CC1. The maximum absolute atomic E-state index is 12.6. The van der Waals surface area contributed by atoms with E-state index in [9.17, 15) is 13.2 Å². The molecule has 140 valence electrons. The molecule has 1 saturated heterocycles. The van der Waals surface area contributed by atoms with E-state index in [4.69, 9.17) is 0 Å². The first-order valence-corrected chi connectivity index (χ1v) is 11.2. The highest BCUT2D eigenvalue weighted by atomic mass is 32.2. The molecule has 0 saturated carbocycles. The van der Waals surface area contributed by atoms with Crippen LogP contribution in [0.4, 0.5) is 0 Å². The largest absolute Gasteiger partial charge is 0.341 e. The molecule has 2 heterocycles. The second kappa shape index (κ2) is 8.33. The lowest BCUT2D eigenvalue weighted by Gasteiger charge is -2.33. The van der Waals surface area contributed by atoms with Crippen molar-refractivity contribution >= 4 is 27.3 Å². The van der Waals surface area contributed by atoms with Crippen LogP contribution in [0.25, 0.3) is 0 Å². The van der Waals surface area contributed by atoms with Gasteiger partial charge in [0.05, 0.1) is 6.04 Å². The average molecular weight is 393 g/mol. The van der Waals surface area contributed by atoms with Crippen LogP contribution in [0.2, 0.25) is 0 Å². The summed E-state index contributed by atoms with van der Waals surface area (Å²) in [6, 6.07) is 12.9. The predicted octanol–water partition coefficient (Wildman–Crippen LogP) is 2.90. The smallest absolute Gasteiger partial charge is 0.250 e. The average Bonchev–Trinajstić information content (AvgIpc) is 3.18. The number of nitrogens with zero attached hydrogens (tertiary/aromatic N) is 1. The van der Waals surface area contributed by atoms with E-state index in [0.717, 1.165) is 30.6 Å². The lowest BCUT2D eigenvalue weighted by Crippen LogP contribution is -2.49. The monoisotopic (exact) mass is 392 g/mol. The van der Waals surface area contributed by atoms with Gasteiger partial charge in [-0.25, -0.2) is 8.42 Å². The summed E-state index contributed by atoms with van der Waals surface area (Å²) in [5.74, 6) is 0.419. The third-order valence-corrected chi connectivity index (χ3v) is 7.69. The summed E-state index contributed by atoms with van der Waals surface area (Å²) in [7, 11) is -3.63. The van der Waals surface area contributed by atoms with Gasteiger partial charge in [0.15, 0.2) is 0 Å². The lowest BCUT2D eigenvalue weighted by molar-refractivity contribution is -0.133. The Morgan fingerprint density at radius 3 is 2.50 bits per heavy atom. The van der Waals surface area contributed by atoms with Gasteiger partial charge in [-0.2, -0.15) is 4.72 Å². The van der Waals surface area contributed by atoms with Crippen LogP contribution < -0.4 is 4.72 Å². The number of rotatable bonds is 6. The molecule has 5 nitrogen and oxygen atoms in total. The first-order chi connectivity index (χ1) is 12.5. The van der Waals surface area contributed by atoms with Crippen LogP contribution in [0.15, 0.2) is 52.1 Å². The highest BCUT2D eigenvalue weighted by Crippen LogP contribution is 2.22. The van der Waals surface area contributed by atoms with Gasteiger partial charge in [-0.05, 0) is 49.1 Å². The molecular weight excluding hydrogens is 368 g/mol. The van der Waals surface area contributed by atoms with E-state index in [0.29, 0.717) is 19.0 Å². The Balaban J connectivity index is 1.51. The molecule has 1 aliphatic heterocycles. The van der Waals surface area contributed by atoms with Crippen molar-refractivity contribution in [2.75, 3.05) is 13.1 Å². The molecule has 1 N–H and O–H groups in total. The number of likely N-dealkylation sites (tertiary alicyclic amines) is 1. The first-order valence-electron chi connectivity index (χ1n) is 8.84. The lowest BCUT2D eigenvalue weighted by atomic mass is 9.90. The van der Waals surface area contributed by atoms with E-state index in [1.807, 2.05) is 6.07 Å². The van der Waals surface area contributed by atoms with E-state index >= 15 is 0 Å². The number of carbonyl (C=O) groups excluding carboxylic acids is 1. The summed E-state index contributed by atoms with van der Waals surface area (Å²) < 4.78 is 27.3. The van der Waals surface area contributed by atoms with Crippen molar-refractivity contribution in [3.63, 3.8) is 0 Å². The predicted molar refractivity (Wildman–Crippen MR) is 104 cm³/mol. The Morgan fingerprint density at radius 2 is 1.88 bits per heavy atom. The fraction of sp³-hybridized carbons (Fsp3) is 0.421. The minimum absolute atomic E-state index is 0.150. The zero-order chi connectivity index (χ0) is 18.6. The van der Waals surface area contributed by atoms with Gasteiger partial charge in [0.1, 0.15) is 4.21 Å². The minimum Gasteiger partial charge on any atom is -0.341 e. The van der Waals surface area contributed by atoms with Crippen LogP contribution in [-0.4, -0.2) is 38.4 Å². The Hall–Kier alpha value is -1.70. The summed E-state index contributed by atoms with van der Waals surface area (Å²) in [5, 5.41) is 1.71. The summed E-state index contributed by atoms with van der Waals surface area (Å²) >= 11 is 1.14. The molecule has 7 heteroatoms. The quantitative estimate of drug-likeness (QED) is 0.822. The van der Waals surface area contributed by atoms with Crippen molar-refractivity contribution in [1.82, 2.24) is 9.62 Å². The van der Waals surface area contributed by atoms with Crippen LogP contribution >= 0.6 is 11.3 Å². The second-order valence-electron chi connectivity index (χ2n) is 6.73. The van der Waals surface area contributed by atoms with Gasteiger partial charge in [-0.15, -0.1) is 11.3 Å². The fourth-order valence-corrected chi connectivity index (χ4v) is 5.54. The molecule has 2 aromatic rings. The van der Waals surface area contributed by atoms with Crippen LogP contribution in [0, 0.1) is 5.92 Å². The number of hydrogen-bond donors (Lipinski definition) is 1. The molecular formula is C19H24N2O3S2. The first kappa shape index (κ1) is 19.1. The molecule has 0 aliphatic carbocycles. The third kappa shape index (κ3) is 4.72. The van der Waals surface area contributed by atoms with Crippen molar-refractivity contribution in [3.8, 4) is 0 Å². The Morgan fingerprint density at radius 1 is 1.19 bits per heavy atom. The van der Waals surface area contributed by atoms with Gasteiger partial charge < -0.3 is 4.90 Å². The Bertz CT molecular complexity index is 812.